The standard InChI is InChI=1S/C25H20N2O6/c1-32-16-9-6-14(7-10-16)20(28)13-22(29)26-19-12-15(8-11-21(19)33-2)17-4-3-5-18-23(17)25(31)27-24(18)30/h3-12H,13H2,1-2H3,(H,26,29)(H,27,30,31). The van der Waals surface area contributed by atoms with E-state index in [2.05, 4.69) is 10.6 Å². The van der Waals surface area contributed by atoms with Gasteiger partial charge in [0.15, 0.2) is 5.78 Å². The van der Waals surface area contributed by atoms with Crippen LogP contribution in [-0.2, 0) is 4.79 Å². The lowest BCUT2D eigenvalue weighted by molar-refractivity contribution is -0.115. The van der Waals surface area contributed by atoms with Gasteiger partial charge in [-0.1, -0.05) is 18.2 Å². The molecule has 0 bridgehead atoms. The second kappa shape index (κ2) is 8.96. The number of amides is 3. The van der Waals surface area contributed by atoms with Crippen LogP contribution in [0.2, 0.25) is 0 Å². The summed E-state index contributed by atoms with van der Waals surface area (Å²) in [5.74, 6) is -0.788. The average Bonchev–Trinajstić information content (AvgIpc) is 3.12. The van der Waals surface area contributed by atoms with E-state index in [0.29, 0.717) is 39.4 Å². The molecule has 4 rings (SSSR count). The molecule has 0 atom stereocenters. The van der Waals surface area contributed by atoms with Gasteiger partial charge in [-0.15, -0.1) is 0 Å². The zero-order chi connectivity index (χ0) is 23.5. The van der Waals surface area contributed by atoms with Crippen LogP contribution in [0.25, 0.3) is 11.1 Å². The predicted molar refractivity (Wildman–Crippen MR) is 121 cm³/mol. The highest BCUT2D eigenvalue weighted by molar-refractivity contribution is 6.24. The number of benzene rings is 3. The third-order valence-corrected chi connectivity index (χ3v) is 5.28. The number of hydrogen-bond acceptors (Lipinski definition) is 6. The highest BCUT2D eigenvalue weighted by atomic mass is 16.5. The summed E-state index contributed by atoms with van der Waals surface area (Å²) in [5.41, 5.74) is 2.45. The van der Waals surface area contributed by atoms with Crippen molar-refractivity contribution in [3.63, 3.8) is 0 Å². The van der Waals surface area contributed by atoms with Gasteiger partial charge in [0.1, 0.15) is 11.5 Å². The van der Waals surface area contributed by atoms with Crippen LogP contribution in [0, 0.1) is 0 Å². The van der Waals surface area contributed by atoms with Crippen LogP contribution in [0.1, 0.15) is 37.5 Å². The summed E-state index contributed by atoms with van der Waals surface area (Å²) in [6, 6.07) is 16.5. The Kier molecular flexibility index (Phi) is 5.91. The van der Waals surface area contributed by atoms with Crippen LogP contribution >= 0.6 is 0 Å². The Bertz CT molecular complexity index is 1280. The van der Waals surface area contributed by atoms with Gasteiger partial charge < -0.3 is 14.8 Å². The second-order valence-electron chi connectivity index (χ2n) is 7.30. The number of carbonyl (C=O) groups is 4. The van der Waals surface area contributed by atoms with Crippen molar-refractivity contribution in [3.8, 4) is 22.6 Å². The summed E-state index contributed by atoms with van der Waals surface area (Å²) in [6.07, 6.45) is -0.364. The molecule has 0 aromatic heterocycles. The molecule has 33 heavy (non-hydrogen) atoms. The van der Waals surface area contributed by atoms with Crippen molar-refractivity contribution in [1.82, 2.24) is 5.32 Å². The average molecular weight is 444 g/mol. The second-order valence-corrected chi connectivity index (χ2v) is 7.30. The molecule has 0 unspecified atom stereocenters. The molecular formula is C25H20N2O6. The van der Waals surface area contributed by atoms with E-state index in [1.165, 1.54) is 14.2 Å². The maximum absolute atomic E-state index is 12.6. The number of carbonyl (C=O) groups excluding carboxylic acids is 4. The first-order valence-corrected chi connectivity index (χ1v) is 10.1. The molecule has 1 heterocycles. The van der Waals surface area contributed by atoms with E-state index in [-0.39, 0.29) is 17.8 Å². The Morgan fingerprint density at radius 1 is 0.879 bits per heavy atom. The van der Waals surface area contributed by atoms with Crippen molar-refractivity contribution in [3.05, 3.63) is 77.4 Å². The molecule has 166 valence electrons. The predicted octanol–water partition coefficient (Wildman–Crippen LogP) is 3.47. The van der Waals surface area contributed by atoms with E-state index in [1.807, 2.05) is 0 Å². The SMILES string of the molecule is COc1ccc(C(=O)CC(=O)Nc2cc(-c3cccc4c3C(=O)NC4=O)ccc2OC)cc1. The van der Waals surface area contributed by atoms with Crippen molar-refractivity contribution in [1.29, 1.82) is 0 Å². The first kappa shape index (κ1) is 21.8. The number of anilines is 1. The number of Topliss-reactive ketones (excluding diaryl/α,β-unsaturated/α-hetero) is 1. The Labute approximate surface area is 189 Å². The molecular weight excluding hydrogens is 424 g/mol. The normalized spacial score (nSPS) is 12.1. The molecule has 2 N–H and O–H groups in total. The Hall–Kier alpha value is -4.46. The molecule has 0 aliphatic carbocycles. The first-order valence-electron chi connectivity index (χ1n) is 10.1. The van der Waals surface area contributed by atoms with Crippen molar-refractivity contribution in [2.45, 2.75) is 6.42 Å². The number of methoxy groups -OCH3 is 2. The summed E-state index contributed by atoms with van der Waals surface area (Å²) in [5, 5.41) is 4.99. The number of imide groups is 1. The molecule has 8 nitrogen and oxygen atoms in total. The fourth-order valence-electron chi connectivity index (χ4n) is 3.65. The smallest absolute Gasteiger partial charge is 0.259 e. The fraction of sp³-hybridized carbons (Fsp3) is 0.120. The van der Waals surface area contributed by atoms with Gasteiger partial charge in [0, 0.05) is 5.56 Å². The summed E-state index contributed by atoms with van der Waals surface area (Å²) in [4.78, 5) is 49.3. The number of ketones is 1. The fourth-order valence-corrected chi connectivity index (χ4v) is 3.65. The number of rotatable bonds is 7. The van der Waals surface area contributed by atoms with E-state index in [0.717, 1.165) is 0 Å². The molecule has 8 heteroatoms. The monoisotopic (exact) mass is 444 g/mol. The maximum Gasteiger partial charge on any atom is 0.259 e. The van der Waals surface area contributed by atoms with Gasteiger partial charge in [0.05, 0.1) is 37.5 Å². The van der Waals surface area contributed by atoms with Crippen molar-refractivity contribution in [2.75, 3.05) is 19.5 Å². The van der Waals surface area contributed by atoms with Crippen molar-refractivity contribution >= 4 is 29.2 Å². The van der Waals surface area contributed by atoms with Gasteiger partial charge in [-0.2, -0.15) is 0 Å². The lowest BCUT2D eigenvalue weighted by atomic mass is 9.96. The van der Waals surface area contributed by atoms with Gasteiger partial charge in [-0.25, -0.2) is 0 Å². The number of ether oxygens (including phenoxy) is 2. The molecule has 3 amide bonds. The minimum absolute atomic E-state index is 0.277. The van der Waals surface area contributed by atoms with E-state index < -0.39 is 17.7 Å². The third kappa shape index (κ3) is 4.31. The van der Waals surface area contributed by atoms with Gasteiger partial charge in [-0.05, 0) is 53.6 Å². The summed E-state index contributed by atoms with van der Waals surface area (Å²) >= 11 is 0. The van der Waals surface area contributed by atoms with Gasteiger partial charge in [0.25, 0.3) is 11.8 Å². The summed E-state index contributed by atoms with van der Waals surface area (Å²) in [6.45, 7) is 0. The van der Waals surface area contributed by atoms with Crippen LogP contribution in [0.4, 0.5) is 5.69 Å². The zero-order valence-electron chi connectivity index (χ0n) is 17.9. The third-order valence-electron chi connectivity index (χ3n) is 5.28. The van der Waals surface area contributed by atoms with Crippen LogP contribution in [0.3, 0.4) is 0 Å². The lowest BCUT2D eigenvalue weighted by Gasteiger charge is -2.13. The zero-order valence-corrected chi connectivity index (χ0v) is 17.9. The Morgan fingerprint density at radius 2 is 1.61 bits per heavy atom. The Morgan fingerprint density at radius 3 is 2.30 bits per heavy atom. The molecule has 0 radical (unpaired) electrons. The van der Waals surface area contributed by atoms with Crippen molar-refractivity contribution in [2.24, 2.45) is 0 Å². The number of nitrogens with one attached hydrogen (secondary N) is 2. The minimum atomic E-state index is -0.516. The number of fused-ring (bicyclic) bond motifs is 1. The quantitative estimate of drug-likeness (QED) is 0.328. The molecule has 0 spiro atoms. The molecule has 0 saturated carbocycles. The minimum Gasteiger partial charge on any atom is -0.497 e. The summed E-state index contributed by atoms with van der Waals surface area (Å²) in [7, 11) is 2.99. The lowest BCUT2D eigenvalue weighted by Crippen LogP contribution is -2.20. The molecule has 0 fully saturated rings. The first-order chi connectivity index (χ1) is 15.9. The molecule has 1 aliphatic heterocycles. The number of hydrogen-bond donors (Lipinski definition) is 2. The van der Waals surface area contributed by atoms with Gasteiger partial charge in [-0.3, -0.25) is 24.5 Å². The highest BCUT2D eigenvalue weighted by Gasteiger charge is 2.29. The Balaban J connectivity index is 1.58. The van der Waals surface area contributed by atoms with Crippen molar-refractivity contribution < 1.29 is 28.7 Å². The topological polar surface area (TPSA) is 111 Å². The van der Waals surface area contributed by atoms with Gasteiger partial charge in [0.2, 0.25) is 5.91 Å². The van der Waals surface area contributed by atoms with Crippen LogP contribution in [0.5, 0.6) is 11.5 Å². The van der Waals surface area contributed by atoms with Crippen LogP contribution in [0.15, 0.2) is 60.7 Å². The van der Waals surface area contributed by atoms with Crippen LogP contribution < -0.4 is 20.1 Å². The van der Waals surface area contributed by atoms with E-state index >= 15 is 0 Å². The molecule has 3 aromatic carbocycles. The van der Waals surface area contributed by atoms with E-state index in [4.69, 9.17) is 9.47 Å². The van der Waals surface area contributed by atoms with E-state index in [9.17, 15) is 19.2 Å². The summed E-state index contributed by atoms with van der Waals surface area (Å²) < 4.78 is 10.4. The van der Waals surface area contributed by atoms with E-state index in [1.54, 1.807) is 60.7 Å². The molecule has 1 aliphatic rings. The maximum atomic E-state index is 12.6. The molecule has 0 saturated heterocycles. The van der Waals surface area contributed by atoms with Crippen LogP contribution in [-0.4, -0.2) is 37.7 Å². The molecule has 3 aromatic rings. The van der Waals surface area contributed by atoms with Gasteiger partial charge >= 0.3 is 0 Å². The highest BCUT2D eigenvalue weighted by Crippen LogP contribution is 2.34. The largest absolute Gasteiger partial charge is 0.497 e.